The topological polar surface area (TPSA) is 104 Å². The molecule has 22 heavy (non-hydrogen) atoms. The Bertz CT molecular complexity index is 824. The maximum atomic E-state index is 9.07. The van der Waals surface area contributed by atoms with Crippen LogP contribution in [-0.4, -0.2) is 0 Å². The molecule has 2 aromatic carbocycles. The Hall–Kier alpha value is -3.45. The molecule has 0 atom stereocenters. The van der Waals surface area contributed by atoms with Crippen molar-refractivity contribution in [2.24, 2.45) is 0 Å². The Labute approximate surface area is 130 Å². The van der Waals surface area contributed by atoms with E-state index in [4.69, 9.17) is 25.8 Å². The van der Waals surface area contributed by atoms with Crippen LogP contribution in [0.3, 0.4) is 0 Å². The Morgan fingerprint density at radius 2 is 1.00 bits per heavy atom. The first kappa shape index (κ1) is 13.5. The van der Waals surface area contributed by atoms with Gasteiger partial charge in [-0.1, -0.05) is 11.8 Å². The van der Waals surface area contributed by atoms with Crippen LogP contribution >= 0.6 is 11.8 Å². The van der Waals surface area contributed by atoms with Crippen molar-refractivity contribution in [1.82, 2.24) is 0 Å². The fourth-order valence-electron chi connectivity index (χ4n) is 2.05. The molecule has 0 aliphatic carbocycles. The molecule has 0 amide bonds. The van der Waals surface area contributed by atoms with E-state index in [0.29, 0.717) is 21.3 Å². The average Bonchev–Trinajstić information content (AvgIpc) is 2.57. The van der Waals surface area contributed by atoms with Gasteiger partial charge in [0.15, 0.2) is 0 Å². The van der Waals surface area contributed by atoms with Crippen molar-refractivity contribution in [3.8, 4) is 35.8 Å². The molecule has 5 nitrogen and oxygen atoms in total. The van der Waals surface area contributed by atoms with E-state index in [-0.39, 0.29) is 22.3 Å². The highest BCUT2D eigenvalue weighted by Crippen LogP contribution is 2.48. The molecule has 6 heteroatoms. The molecule has 0 spiro atoms. The normalized spacial score (nSPS) is 10.7. The molecule has 0 radical (unpaired) electrons. The maximum Gasteiger partial charge on any atom is 0.142 e. The number of nitriles is 4. The highest BCUT2D eigenvalue weighted by atomic mass is 32.2. The van der Waals surface area contributed by atoms with Gasteiger partial charge in [0.25, 0.3) is 0 Å². The van der Waals surface area contributed by atoms with Gasteiger partial charge in [-0.2, -0.15) is 21.0 Å². The number of benzene rings is 2. The number of hydrogen-bond donors (Lipinski definition) is 0. The van der Waals surface area contributed by atoms with Crippen molar-refractivity contribution in [2.45, 2.75) is 9.79 Å². The molecule has 1 aliphatic heterocycles. The summed E-state index contributed by atoms with van der Waals surface area (Å²) in [6, 6.07) is 14.1. The first-order valence-electron chi connectivity index (χ1n) is 6.02. The van der Waals surface area contributed by atoms with Gasteiger partial charge in [-0.15, -0.1) is 0 Å². The number of nitrogens with zero attached hydrogens (tertiary/aromatic N) is 4. The molecule has 0 saturated carbocycles. The lowest BCUT2D eigenvalue weighted by Crippen LogP contribution is -1.99. The number of ether oxygens (including phenoxy) is 1. The molecular formula is C16H4N4OS. The molecule has 0 fully saturated rings. The van der Waals surface area contributed by atoms with Gasteiger partial charge >= 0.3 is 0 Å². The molecule has 3 rings (SSSR count). The Morgan fingerprint density at radius 3 is 1.36 bits per heavy atom. The van der Waals surface area contributed by atoms with E-state index in [9.17, 15) is 0 Å². The van der Waals surface area contributed by atoms with Crippen molar-refractivity contribution in [3.63, 3.8) is 0 Å². The second kappa shape index (κ2) is 5.15. The minimum absolute atomic E-state index is 0.236. The summed E-state index contributed by atoms with van der Waals surface area (Å²) < 4.78 is 5.72. The van der Waals surface area contributed by atoms with E-state index in [2.05, 4.69) is 0 Å². The lowest BCUT2D eigenvalue weighted by molar-refractivity contribution is 0.454. The fraction of sp³-hybridized carbons (Fsp3) is 0. The molecule has 0 bridgehead atoms. The highest BCUT2D eigenvalue weighted by molar-refractivity contribution is 7.99. The minimum atomic E-state index is 0.236. The second-order valence-electron chi connectivity index (χ2n) is 4.34. The highest BCUT2D eigenvalue weighted by Gasteiger charge is 2.22. The molecule has 0 N–H and O–H groups in total. The maximum absolute atomic E-state index is 9.07. The van der Waals surface area contributed by atoms with Crippen molar-refractivity contribution < 1.29 is 4.74 Å². The summed E-state index contributed by atoms with van der Waals surface area (Å²) in [5, 5.41) is 36.2. The van der Waals surface area contributed by atoms with Crippen molar-refractivity contribution in [1.29, 1.82) is 21.0 Å². The first-order valence-corrected chi connectivity index (χ1v) is 6.84. The molecular weight excluding hydrogens is 296 g/mol. The number of hydrogen-bond acceptors (Lipinski definition) is 6. The van der Waals surface area contributed by atoms with Gasteiger partial charge in [0, 0.05) is 12.1 Å². The van der Waals surface area contributed by atoms with Crippen LogP contribution in [0.15, 0.2) is 34.1 Å². The van der Waals surface area contributed by atoms with Crippen molar-refractivity contribution in [2.75, 3.05) is 0 Å². The van der Waals surface area contributed by atoms with Gasteiger partial charge < -0.3 is 4.74 Å². The van der Waals surface area contributed by atoms with Crippen LogP contribution < -0.4 is 4.74 Å². The first-order chi connectivity index (χ1) is 10.7. The molecule has 2 aromatic rings. The summed E-state index contributed by atoms with van der Waals surface area (Å²) in [5.41, 5.74) is 1.02. The summed E-state index contributed by atoms with van der Waals surface area (Å²) in [5.74, 6) is 0.920. The van der Waals surface area contributed by atoms with Gasteiger partial charge in [-0.25, -0.2) is 0 Å². The lowest BCUT2D eigenvalue weighted by Gasteiger charge is -2.20. The predicted octanol–water partition coefficient (Wildman–Crippen LogP) is 3.43. The molecule has 0 unspecified atom stereocenters. The van der Waals surface area contributed by atoms with Gasteiger partial charge in [0.05, 0.1) is 32.0 Å². The molecule has 1 aliphatic rings. The number of rotatable bonds is 0. The second-order valence-corrected chi connectivity index (χ2v) is 5.42. The quantitative estimate of drug-likeness (QED) is 0.629. The van der Waals surface area contributed by atoms with Crippen LogP contribution in [0.4, 0.5) is 0 Å². The van der Waals surface area contributed by atoms with E-state index < -0.39 is 0 Å². The third kappa shape index (κ3) is 2.02. The predicted molar refractivity (Wildman–Crippen MR) is 75.9 cm³/mol. The van der Waals surface area contributed by atoms with Crippen LogP contribution in [0.25, 0.3) is 0 Å². The molecule has 0 saturated heterocycles. The molecule has 0 aromatic heterocycles. The zero-order valence-corrected chi connectivity index (χ0v) is 11.7. The third-order valence-corrected chi connectivity index (χ3v) is 4.17. The third-order valence-electron chi connectivity index (χ3n) is 3.09. The summed E-state index contributed by atoms with van der Waals surface area (Å²) in [6.45, 7) is 0. The van der Waals surface area contributed by atoms with Gasteiger partial charge in [-0.3, -0.25) is 0 Å². The zero-order chi connectivity index (χ0) is 15.7. The minimum Gasteiger partial charge on any atom is -0.455 e. The summed E-state index contributed by atoms with van der Waals surface area (Å²) in [4.78, 5) is 1.38. The Kier molecular flexibility index (Phi) is 3.17. The van der Waals surface area contributed by atoms with Gasteiger partial charge in [0.2, 0.25) is 0 Å². The Morgan fingerprint density at radius 1 is 0.636 bits per heavy atom. The molecule has 100 valence electrons. The monoisotopic (exact) mass is 300 g/mol. The standard InChI is InChI=1S/C16H4N4OS/c17-5-9-1-13-15(3-11(9)7-19)22-16-4-12(8-20)10(6-18)2-14(16)21-13/h1-4H. The van der Waals surface area contributed by atoms with Crippen molar-refractivity contribution in [3.05, 3.63) is 46.5 Å². The van der Waals surface area contributed by atoms with Gasteiger partial charge in [0.1, 0.15) is 35.8 Å². The Balaban J connectivity index is 2.16. The number of fused-ring (bicyclic) bond motifs is 2. The van der Waals surface area contributed by atoms with Crippen LogP contribution in [0.5, 0.6) is 11.5 Å². The summed E-state index contributed by atoms with van der Waals surface area (Å²) in [6.07, 6.45) is 0. The van der Waals surface area contributed by atoms with E-state index in [1.807, 2.05) is 24.3 Å². The summed E-state index contributed by atoms with van der Waals surface area (Å²) >= 11 is 1.33. The lowest BCUT2D eigenvalue weighted by atomic mass is 10.1. The fourth-order valence-corrected chi connectivity index (χ4v) is 3.04. The van der Waals surface area contributed by atoms with E-state index in [1.54, 1.807) is 12.1 Å². The largest absolute Gasteiger partial charge is 0.455 e. The van der Waals surface area contributed by atoms with E-state index >= 15 is 0 Å². The average molecular weight is 300 g/mol. The zero-order valence-electron chi connectivity index (χ0n) is 10.9. The van der Waals surface area contributed by atoms with Gasteiger partial charge in [-0.05, 0) is 12.1 Å². The summed E-state index contributed by atoms with van der Waals surface area (Å²) in [7, 11) is 0. The van der Waals surface area contributed by atoms with Crippen LogP contribution in [0.1, 0.15) is 22.3 Å². The van der Waals surface area contributed by atoms with Crippen LogP contribution in [-0.2, 0) is 0 Å². The van der Waals surface area contributed by atoms with Crippen LogP contribution in [0.2, 0.25) is 0 Å². The molecule has 1 heterocycles. The van der Waals surface area contributed by atoms with E-state index in [0.717, 1.165) is 0 Å². The SMILES string of the molecule is N#Cc1cc2c(cc1C#N)Sc1cc(C#N)c(C#N)cc1O2. The van der Waals surface area contributed by atoms with E-state index in [1.165, 1.54) is 23.9 Å². The van der Waals surface area contributed by atoms with Crippen LogP contribution in [0, 0.1) is 45.3 Å². The van der Waals surface area contributed by atoms with Crippen molar-refractivity contribution >= 4 is 11.8 Å². The smallest absolute Gasteiger partial charge is 0.142 e.